The number of nitrogens with zero attached hydrogens (tertiary/aromatic N) is 1. The van der Waals surface area contributed by atoms with Gasteiger partial charge in [0.1, 0.15) is 0 Å². The Hall–Kier alpha value is -1.40. The van der Waals surface area contributed by atoms with Crippen LogP contribution in [-0.4, -0.2) is 45.3 Å². The zero-order valence-corrected chi connectivity index (χ0v) is 13.9. The molecule has 0 bridgehead atoms. The molecule has 130 valence electrons. The summed E-state index contributed by atoms with van der Waals surface area (Å²) in [7, 11) is 3.45. The van der Waals surface area contributed by atoms with Crippen LogP contribution in [0.15, 0.2) is 18.2 Å². The van der Waals surface area contributed by atoms with Gasteiger partial charge >= 0.3 is 6.61 Å². The number of nitrogens with one attached hydrogen (secondary N) is 1. The number of hydrogen-bond donors (Lipinski definition) is 1. The second-order valence-electron chi connectivity index (χ2n) is 5.98. The van der Waals surface area contributed by atoms with Crippen LogP contribution in [-0.2, 0) is 6.54 Å². The average molecular weight is 328 g/mol. The fourth-order valence-electron chi connectivity index (χ4n) is 3.04. The van der Waals surface area contributed by atoms with Gasteiger partial charge in [0.15, 0.2) is 11.5 Å². The van der Waals surface area contributed by atoms with Gasteiger partial charge in [-0.15, -0.1) is 0 Å². The third kappa shape index (κ3) is 5.62. The zero-order chi connectivity index (χ0) is 16.7. The molecule has 0 atom stereocenters. The largest absolute Gasteiger partial charge is 0.493 e. The number of ether oxygens (including phenoxy) is 2. The molecule has 0 radical (unpaired) electrons. The topological polar surface area (TPSA) is 33.7 Å². The fourth-order valence-corrected chi connectivity index (χ4v) is 3.04. The van der Waals surface area contributed by atoms with Crippen molar-refractivity contribution in [2.75, 3.05) is 33.8 Å². The number of piperidine rings is 1. The van der Waals surface area contributed by atoms with E-state index in [-0.39, 0.29) is 5.75 Å². The monoisotopic (exact) mass is 328 g/mol. The van der Waals surface area contributed by atoms with Gasteiger partial charge in [-0.25, -0.2) is 0 Å². The third-order valence-corrected chi connectivity index (χ3v) is 4.36. The smallest absolute Gasteiger partial charge is 0.387 e. The van der Waals surface area contributed by atoms with Gasteiger partial charge in [-0.1, -0.05) is 6.07 Å². The van der Waals surface area contributed by atoms with E-state index in [4.69, 9.17) is 4.74 Å². The maximum absolute atomic E-state index is 12.3. The summed E-state index contributed by atoms with van der Waals surface area (Å²) in [5.74, 6) is 1.23. The van der Waals surface area contributed by atoms with E-state index < -0.39 is 6.61 Å². The summed E-state index contributed by atoms with van der Waals surface area (Å²) < 4.78 is 34.3. The molecule has 4 nitrogen and oxygen atoms in total. The molecule has 0 amide bonds. The highest BCUT2D eigenvalue weighted by Crippen LogP contribution is 2.30. The summed E-state index contributed by atoms with van der Waals surface area (Å²) in [6, 6.07) is 5.16. The Bertz CT molecular complexity index is 478. The van der Waals surface area contributed by atoms with Crippen LogP contribution in [0.2, 0.25) is 0 Å². The van der Waals surface area contributed by atoms with Crippen LogP contribution in [0.1, 0.15) is 24.8 Å². The molecule has 23 heavy (non-hydrogen) atoms. The molecule has 2 rings (SSSR count). The maximum Gasteiger partial charge on any atom is 0.387 e. The van der Waals surface area contributed by atoms with Gasteiger partial charge in [0.05, 0.1) is 7.11 Å². The highest BCUT2D eigenvalue weighted by Gasteiger charge is 2.19. The molecule has 1 aromatic rings. The number of alkyl halides is 2. The molecule has 0 unspecified atom stereocenters. The second kappa shape index (κ2) is 9.03. The molecule has 1 aliphatic rings. The van der Waals surface area contributed by atoms with E-state index in [9.17, 15) is 8.78 Å². The molecule has 1 aliphatic heterocycles. The summed E-state index contributed by atoms with van der Waals surface area (Å²) in [4.78, 5) is 2.40. The van der Waals surface area contributed by atoms with Crippen molar-refractivity contribution in [2.45, 2.75) is 32.4 Å². The Labute approximate surface area is 136 Å². The van der Waals surface area contributed by atoms with Crippen molar-refractivity contribution in [3.63, 3.8) is 0 Å². The van der Waals surface area contributed by atoms with Gasteiger partial charge in [-0.3, -0.25) is 4.90 Å². The van der Waals surface area contributed by atoms with E-state index in [2.05, 4.69) is 15.0 Å². The summed E-state index contributed by atoms with van der Waals surface area (Å²) in [5.41, 5.74) is 1.05. The van der Waals surface area contributed by atoms with Crippen molar-refractivity contribution in [3.05, 3.63) is 23.8 Å². The lowest BCUT2D eigenvalue weighted by molar-refractivity contribution is -0.0512. The number of benzene rings is 1. The van der Waals surface area contributed by atoms with Crippen LogP contribution in [0.5, 0.6) is 11.5 Å². The molecule has 0 aliphatic carbocycles. The number of methoxy groups -OCH3 is 1. The third-order valence-electron chi connectivity index (χ3n) is 4.36. The minimum atomic E-state index is -2.84. The van der Waals surface area contributed by atoms with Crippen LogP contribution < -0.4 is 14.8 Å². The molecule has 1 N–H and O–H groups in total. The van der Waals surface area contributed by atoms with Crippen molar-refractivity contribution in [1.82, 2.24) is 10.2 Å². The Morgan fingerprint density at radius 2 is 2.00 bits per heavy atom. The molecule has 1 saturated heterocycles. The van der Waals surface area contributed by atoms with Gasteiger partial charge in [-0.05, 0) is 69.6 Å². The number of likely N-dealkylation sites (tertiary alicyclic amines) is 1. The minimum Gasteiger partial charge on any atom is -0.493 e. The minimum absolute atomic E-state index is 0.0806. The molecular weight excluding hydrogens is 302 g/mol. The summed E-state index contributed by atoms with van der Waals surface area (Å²) >= 11 is 0. The average Bonchev–Trinajstić information content (AvgIpc) is 2.55. The molecular formula is C17H26F2N2O2. The zero-order valence-electron chi connectivity index (χ0n) is 13.9. The van der Waals surface area contributed by atoms with Crippen LogP contribution in [0.4, 0.5) is 8.78 Å². The summed E-state index contributed by atoms with van der Waals surface area (Å²) in [6.07, 6.45) is 3.66. The Morgan fingerprint density at radius 1 is 1.26 bits per heavy atom. The van der Waals surface area contributed by atoms with E-state index in [0.717, 1.165) is 37.7 Å². The lowest BCUT2D eigenvalue weighted by Crippen LogP contribution is -2.34. The maximum atomic E-state index is 12.3. The SMILES string of the molecule is CNCCC1CCN(Cc2ccc(OC(F)F)c(OC)c2)CC1. The molecule has 6 heteroatoms. The van der Waals surface area contributed by atoms with Crippen LogP contribution in [0.25, 0.3) is 0 Å². The van der Waals surface area contributed by atoms with Gasteiger partial charge in [0.25, 0.3) is 0 Å². The van der Waals surface area contributed by atoms with Crippen molar-refractivity contribution >= 4 is 0 Å². The van der Waals surface area contributed by atoms with Gasteiger partial charge in [0.2, 0.25) is 0 Å². The predicted molar refractivity (Wildman–Crippen MR) is 86.2 cm³/mol. The number of halogens is 2. The van der Waals surface area contributed by atoms with E-state index in [1.165, 1.54) is 26.4 Å². The van der Waals surface area contributed by atoms with E-state index in [0.29, 0.717) is 5.75 Å². The molecule has 0 aromatic heterocycles. The fraction of sp³-hybridized carbons (Fsp3) is 0.647. The molecule has 1 fully saturated rings. The Balaban J connectivity index is 1.88. The van der Waals surface area contributed by atoms with Crippen LogP contribution in [0, 0.1) is 5.92 Å². The first-order valence-corrected chi connectivity index (χ1v) is 8.11. The van der Waals surface area contributed by atoms with E-state index >= 15 is 0 Å². The standard InChI is InChI=1S/C17H26F2N2O2/c1-20-8-5-13-6-9-21(10-7-13)12-14-3-4-15(23-17(18)19)16(11-14)22-2/h3-4,11,13,17,20H,5-10,12H2,1-2H3. The molecule has 1 aromatic carbocycles. The van der Waals surface area contributed by atoms with E-state index in [1.54, 1.807) is 12.1 Å². The van der Waals surface area contributed by atoms with Gasteiger partial charge in [-0.2, -0.15) is 8.78 Å². The first-order chi connectivity index (χ1) is 11.1. The molecule has 0 saturated carbocycles. The number of rotatable bonds is 8. The van der Waals surface area contributed by atoms with Crippen molar-refractivity contribution in [3.8, 4) is 11.5 Å². The Morgan fingerprint density at radius 3 is 2.61 bits per heavy atom. The van der Waals surface area contributed by atoms with E-state index in [1.807, 2.05) is 13.1 Å². The predicted octanol–water partition coefficient (Wildman–Crippen LogP) is 3.12. The van der Waals surface area contributed by atoms with Crippen molar-refractivity contribution < 1.29 is 18.3 Å². The van der Waals surface area contributed by atoms with Crippen molar-refractivity contribution in [1.29, 1.82) is 0 Å². The summed E-state index contributed by atoms with van der Waals surface area (Å²) in [6.45, 7) is 1.20. The Kier molecular flexibility index (Phi) is 7.05. The summed E-state index contributed by atoms with van der Waals surface area (Å²) in [5, 5.41) is 3.20. The first kappa shape index (κ1) is 17.9. The van der Waals surface area contributed by atoms with Crippen LogP contribution in [0.3, 0.4) is 0 Å². The number of hydrogen-bond acceptors (Lipinski definition) is 4. The van der Waals surface area contributed by atoms with Gasteiger partial charge < -0.3 is 14.8 Å². The molecule has 0 spiro atoms. The molecule has 1 heterocycles. The van der Waals surface area contributed by atoms with Gasteiger partial charge in [0, 0.05) is 6.54 Å². The van der Waals surface area contributed by atoms with Crippen molar-refractivity contribution in [2.24, 2.45) is 5.92 Å². The second-order valence-corrected chi connectivity index (χ2v) is 5.98. The van der Waals surface area contributed by atoms with Crippen LogP contribution >= 0.6 is 0 Å². The quantitative estimate of drug-likeness (QED) is 0.795. The normalized spacial score (nSPS) is 16.7. The first-order valence-electron chi connectivity index (χ1n) is 8.11. The lowest BCUT2D eigenvalue weighted by atomic mass is 9.93. The highest BCUT2D eigenvalue weighted by molar-refractivity contribution is 5.43. The lowest BCUT2D eigenvalue weighted by Gasteiger charge is -2.32. The highest BCUT2D eigenvalue weighted by atomic mass is 19.3.